The van der Waals surface area contributed by atoms with Gasteiger partial charge in [-0.1, -0.05) is 0 Å². The number of likely N-dealkylation sites (N-methyl/N-ethyl adjacent to an activating group) is 1. The molecule has 1 N–H and O–H groups in total. The average Bonchev–Trinajstić information content (AvgIpc) is 3.22. The summed E-state index contributed by atoms with van der Waals surface area (Å²) in [7, 11) is 5.62. The molecule has 1 fully saturated rings. The number of carbonyl (C=O) groups excluding carboxylic acids is 1. The Balaban J connectivity index is 1.49. The van der Waals surface area contributed by atoms with Crippen LogP contribution in [0, 0.1) is 0 Å². The van der Waals surface area contributed by atoms with Crippen LogP contribution >= 0.6 is 0 Å². The summed E-state index contributed by atoms with van der Waals surface area (Å²) in [6.07, 6.45) is 1.66. The van der Waals surface area contributed by atoms with Gasteiger partial charge in [0.1, 0.15) is 11.5 Å². The number of nitrogens with one attached hydrogen (secondary N) is 1. The van der Waals surface area contributed by atoms with Gasteiger partial charge in [0.05, 0.1) is 19.4 Å². The number of nitrogens with zero attached hydrogens (tertiary/aromatic N) is 3. The van der Waals surface area contributed by atoms with Crippen molar-refractivity contribution in [3.63, 3.8) is 0 Å². The number of rotatable bonds is 6. The minimum Gasteiger partial charge on any atom is -0.497 e. The van der Waals surface area contributed by atoms with E-state index in [2.05, 4.69) is 22.3 Å². The summed E-state index contributed by atoms with van der Waals surface area (Å²) in [5, 5.41) is 3.04. The molecule has 1 saturated heterocycles. The molecular weight excluding hydrogens is 344 g/mol. The zero-order valence-electron chi connectivity index (χ0n) is 16.2. The molecule has 1 aromatic heterocycles. The van der Waals surface area contributed by atoms with Gasteiger partial charge in [0.25, 0.3) is 0 Å². The number of piperazine rings is 1. The van der Waals surface area contributed by atoms with Gasteiger partial charge in [-0.25, -0.2) is 4.79 Å². The van der Waals surface area contributed by atoms with Crippen LogP contribution in [0.15, 0.2) is 47.1 Å². The van der Waals surface area contributed by atoms with Gasteiger partial charge in [-0.2, -0.15) is 0 Å². The summed E-state index contributed by atoms with van der Waals surface area (Å²) >= 11 is 0. The standard InChI is InChI=1S/C20H28N4O3/c1-22(2)18(19-5-4-14-27-19)15-21-20(25)24-12-10-23(11-13-24)16-6-8-17(26-3)9-7-16/h4-9,14,18H,10-13,15H2,1-3H3,(H,21,25). The molecule has 2 aromatic rings. The summed E-state index contributed by atoms with van der Waals surface area (Å²) in [5.41, 5.74) is 1.15. The number of ether oxygens (including phenoxy) is 1. The molecule has 1 unspecified atom stereocenters. The molecule has 146 valence electrons. The molecule has 7 heteroatoms. The number of hydrogen-bond donors (Lipinski definition) is 1. The highest BCUT2D eigenvalue weighted by atomic mass is 16.5. The van der Waals surface area contributed by atoms with Crippen molar-refractivity contribution in [3.8, 4) is 5.75 Å². The van der Waals surface area contributed by atoms with Crippen molar-refractivity contribution in [1.29, 1.82) is 0 Å². The minimum atomic E-state index is -0.0252. The second-order valence-corrected chi connectivity index (χ2v) is 6.85. The van der Waals surface area contributed by atoms with Crippen LogP contribution in [0.3, 0.4) is 0 Å². The monoisotopic (exact) mass is 372 g/mol. The zero-order valence-corrected chi connectivity index (χ0v) is 16.2. The quantitative estimate of drug-likeness (QED) is 0.844. The molecule has 2 amide bonds. The average molecular weight is 372 g/mol. The lowest BCUT2D eigenvalue weighted by Gasteiger charge is -2.36. The van der Waals surface area contributed by atoms with E-state index in [1.807, 2.05) is 48.2 Å². The molecule has 1 atom stereocenters. The molecule has 0 saturated carbocycles. The molecule has 7 nitrogen and oxygen atoms in total. The van der Waals surface area contributed by atoms with Gasteiger partial charge in [-0.05, 0) is 50.5 Å². The Morgan fingerprint density at radius 2 is 1.89 bits per heavy atom. The summed E-state index contributed by atoms with van der Waals surface area (Å²) in [5.74, 6) is 1.70. The van der Waals surface area contributed by atoms with Crippen LogP contribution in [0.5, 0.6) is 5.75 Å². The van der Waals surface area contributed by atoms with E-state index >= 15 is 0 Å². The maximum Gasteiger partial charge on any atom is 0.317 e. The number of urea groups is 1. The maximum atomic E-state index is 12.6. The van der Waals surface area contributed by atoms with Gasteiger partial charge in [-0.3, -0.25) is 4.90 Å². The molecule has 1 aliphatic rings. The summed E-state index contributed by atoms with van der Waals surface area (Å²) in [4.78, 5) is 18.8. The fourth-order valence-corrected chi connectivity index (χ4v) is 3.28. The molecule has 1 aliphatic heterocycles. The van der Waals surface area contributed by atoms with Gasteiger partial charge in [0.2, 0.25) is 0 Å². The van der Waals surface area contributed by atoms with Crippen molar-refractivity contribution in [2.24, 2.45) is 0 Å². The first-order valence-corrected chi connectivity index (χ1v) is 9.20. The van der Waals surface area contributed by atoms with Crippen LogP contribution in [0.1, 0.15) is 11.8 Å². The first-order chi connectivity index (χ1) is 13.1. The van der Waals surface area contributed by atoms with E-state index in [1.165, 1.54) is 0 Å². The second-order valence-electron chi connectivity index (χ2n) is 6.85. The van der Waals surface area contributed by atoms with Gasteiger partial charge < -0.3 is 24.3 Å². The van der Waals surface area contributed by atoms with Crippen molar-refractivity contribution in [3.05, 3.63) is 48.4 Å². The smallest absolute Gasteiger partial charge is 0.317 e. The van der Waals surface area contributed by atoms with E-state index in [0.29, 0.717) is 19.6 Å². The molecule has 1 aromatic carbocycles. The second kappa shape index (κ2) is 8.81. The van der Waals surface area contributed by atoms with Crippen molar-refractivity contribution < 1.29 is 13.9 Å². The highest BCUT2D eigenvalue weighted by molar-refractivity contribution is 5.74. The Morgan fingerprint density at radius 3 is 2.44 bits per heavy atom. The minimum absolute atomic E-state index is 0.0181. The fourth-order valence-electron chi connectivity index (χ4n) is 3.28. The third kappa shape index (κ3) is 4.74. The molecule has 2 heterocycles. The fraction of sp³-hybridized carbons (Fsp3) is 0.450. The number of benzene rings is 1. The third-order valence-corrected chi connectivity index (χ3v) is 4.95. The van der Waals surface area contributed by atoms with E-state index in [1.54, 1.807) is 13.4 Å². The Bertz CT molecular complexity index is 707. The molecule has 0 spiro atoms. The van der Waals surface area contributed by atoms with E-state index in [9.17, 15) is 4.79 Å². The highest BCUT2D eigenvalue weighted by Gasteiger charge is 2.23. The van der Waals surface area contributed by atoms with E-state index in [0.717, 1.165) is 30.3 Å². The number of methoxy groups -OCH3 is 1. The van der Waals surface area contributed by atoms with Gasteiger partial charge in [0, 0.05) is 38.4 Å². The van der Waals surface area contributed by atoms with Crippen molar-refractivity contribution in [2.45, 2.75) is 6.04 Å². The molecule has 0 radical (unpaired) electrons. The van der Waals surface area contributed by atoms with Crippen LogP contribution in [0.25, 0.3) is 0 Å². The Kier molecular flexibility index (Phi) is 6.24. The highest BCUT2D eigenvalue weighted by Crippen LogP contribution is 2.21. The van der Waals surface area contributed by atoms with E-state index < -0.39 is 0 Å². The first kappa shape index (κ1) is 19.1. The Hall–Kier alpha value is -2.67. The SMILES string of the molecule is COc1ccc(N2CCN(C(=O)NCC(c3ccco3)N(C)C)CC2)cc1. The first-order valence-electron chi connectivity index (χ1n) is 9.20. The predicted octanol–water partition coefficient (Wildman–Crippen LogP) is 2.42. The number of carbonyl (C=O) groups is 1. The lowest BCUT2D eigenvalue weighted by molar-refractivity contribution is 0.186. The Morgan fingerprint density at radius 1 is 1.19 bits per heavy atom. The van der Waals surface area contributed by atoms with Crippen LogP contribution < -0.4 is 15.0 Å². The number of furan rings is 1. The van der Waals surface area contributed by atoms with Gasteiger partial charge in [0.15, 0.2) is 0 Å². The number of anilines is 1. The number of hydrogen-bond acceptors (Lipinski definition) is 5. The molecule has 27 heavy (non-hydrogen) atoms. The van der Waals surface area contributed by atoms with Crippen molar-refractivity contribution >= 4 is 11.7 Å². The lowest BCUT2D eigenvalue weighted by Crippen LogP contribution is -2.52. The topological polar surface area (TPSA) is 61.2 Å². The van der Waals surface area contributed by atoms with E-state index in [4.69, 9.17) is 9.15 Å². The number of amides is 2. The lowest BCUT2D eigenvalue weighted by atomic mass is 10.2. The maximum absolute atomic E-state index is 12.6. The normalized spacial score (nSPS) is 15.7. The van der Waals surface area contributed by atoms with E-state index in [-0.39, 0.29) is 12.1 Å². The van der Waals surface area contributed by atoms with Crippen LogP contribution in [-0.2, 0) is 0 Å². The molecule has 3 rings (SSSR count). The van der Waals surface area contributed by atoms with Crippen LogP contribution in [0.2, 0.25) is 0 Å². The predicted molar refractivity (Wildman–Crippen MR) is 105 cm³/mol. The molecule has 0 aliphatic carbocycles. The largest absolute Gasteiger partial charge is 0.497 e. The Labute approximate surface area is 160 Å². The zero-order chi connectivity index (χ0) is 19.2. The summed E-state index contributed by atoms with van der Waals surface area (Å²) in [6, 6.07) is 11.8. The van der Waals surface area contributed by atoms with Gasteiger partial charge in [-0.15, -0.1) is 0 Å². The summed E-state index contributed by atoms with van der Waals surface area (Å²) < 4.78 is 10.7. The van der Waals surface area contributed by atoms with Crippen molar-refractivity contribution in [1.82, 2.24) is 15.1 Å². The van der Waals surface area contributed by atoms with Crippen LogP contribution in [0.4, 0.5) is 10.5 Å². The van der Waals surface area contributed by atoms with Gasteiger partial charge >= 0.3 is 6.03 Å². The molecular formula is C20H28N4O3. The van der Waals surface area contributed by atoms with Crippen molar-refractivity contribution in [2.75, 3.05) is 58.8 Å². The summed E-state index contributed by atoms with van der Waals surface area (Å²) in [6.45, 7) is 3.54. The van der Waals surface area contributed by atoms with Crippen LogP contribution in [-0.4, -0.2) is 69.8 Å². The molecule has 0 bridgehead atoms. The third-order valence-electron chi connectivity index (χ3n) is 4.95.